The van der Waals surface area contributed by atoms with E-state index >= 15 is 4.39 Å². The molecule has 2 amide bonds. The standard InChI is InChI=1S/C60H67ClF4N12O5S/c1-32(2)54(58(80)76-29-43(78)23-47(76)57(79)69-34(4)36-12-14-37(15-13-36)55-35(5)67-31-83-55)77-26-39(25-68-77)38-9-6-11-44(22-38)81-20-8-19-74-18-7-10-42(74)30-82-59-72-52-45(56(73-59)75-27-40-16-17-41(28-75)70-40)24-46(61)49(51(52)62)53-50(60(63,64)65)33(3)21-48(66)71-53/h6,9,11-15,21-22,24-26,31-32,34,40-43,47,54,70,78H,7-8,10,16-20,23,27-30H2,1-5H3,(H2,66,71)(H,69,79)/t34-,40?,41?,42-,43+,47-,54-/m0/s1. The van der Waals surface area contributed by atoms with E-state index in [4.69, 9.17) is 31.8 Å². The van der Waals surface area contributed by atoms with Crippen molar-refractivity contribution in [1.82, 2.24) is 50.1 Å². The number of hydrogen-bond acceptors (Lipinski definition) is 15. The van der Waals surface area contributed by atoms with Gasteiger partial charge in [0, 0.05) is 67.9 Å². The van der Waals surface area contributed by atoms with Crippen LogP contribution >= 0.6 is 22.9 Å². The van der Waals surface area contributed by atoms with E-state index in [1.807, 2.05) is 92.8 Å². The molecule has 8 heterocycles. The Morgan fingerprint density at radius 2 is 1.73 bits per heavy atom. The number of nitrogens with one attached hydrogen (secondary N) is 2. The Bertz CT molecular complexity index is 3520. The quantitative estimate of drug-likeness (QED) is 0.0467. The average Bonchev–Trinajstić information content (AvgIpc) is 2.08. The summed E-state index contributed by atoms with van der Waals surface area (Å²) < 4.78 is 74.9. The number of amides is 2. The summed E-state index contributed by atoms with van der Waals surface area (Å²) in [4.78, 5) is 53.0. The van der Waals surface area contributed by atoms with Gasteiger partial charge in [-0.05, 0) is 112 Å². The number of β-amino-alcohol motifs (C(OH)–C–C–N with tert-alkyl or cyclic N) is 1. The molecule has 2 unspecified atom stereocenters. The van der Waals surface area contributed by atoms with E-state index < -0.39 is 47.0 Å². The van der Waals surface area contributed by atoms with Crippen molar-refractivity contribution in [2.45, 2.75) is 122 Å². The predicted octanol–water partition coefficient (Wildman–Crippen LogP) is 9.98. The first kappa shape index (κ1) is 57.8. The maximum absolute atomic E-state index is 17.1. The van der Waals surface area contributed by atoms with Crippen molar-refractivity contribution in [3.05, 3.63) is 112 Å². The van der Waals surface area contributed by atoms with Crippen molar-refractivity contribution >= 4 is 57.3 Å². The number of aliphatic hydroxyl groups is 1. The number of hydrogen-bond donors (Lipinski definition) is 4. The van der Waals surface area contributed by atoms with E-state index in [0.29, 0.717) is 44.2 Å². The fourth-order valence-corrected chi connectivity index (χ4v) is 13.5. The number of aromatic nitrogens is 6. The van der Waals surface area contributed by atoms with Crippen molar-refractivity contribution < 1.29 is 41.7 Å². The maximum atomic E-state index is 17.1. The largest absolute Gasteiger partial charge is 0.494 e. The van der Waals surface area contributed by atoms with Gasteiger partial charge in [0.15, 0.2) is 5.82 Å². The minimum absolute atomic E-state index is 0.0237. The van der Waals surface area contributed by atoms with Crippen LogP contribution in [0.2, 0.25) is 5.02 Å². The molecule has 438 valence electrons. The number of anilines is 2. The molecule has 17 nitrogen and oxygen atoms in total. The van der Waals surface area contributed by atoms with Gasteiger partial charge in [-0.3, -0.25) is 19.2 Å². The number of nitrogens with two attached hydrogens (primary N) is 1. The third kappa shape index (κ3) is 12.2. The zero-order valence-electron chi connectivity index (χ0n) is 46.8. The van der Waals surface area contributed by atoms with Crippen LogP contribution in [0.5, 0.6) is 11.8 Å². The number of aliphatic hydroxyl groups excluding tert-OH is 1. The molecule has 23 heteroatoms. The van der Waals surface area contributed by atoms with Crippen molar-refractivity contribution in [2.24, 2.45) is 5.92 Å². The third-order valence-corrected chi connectivity index (χ3v) is 17.7. The topological polar surface area (TPSA) is 202 Å². The second-order valence-electron chi connectivity index (χ2n) is 22.7. The SMILES string of the molecule is Cc1cc(N)nc(-c2c(Cl)cc3c(N4CC5CCC(C4)N5)nc(OC[C@@H]4CCCN4CCCOc4cccc(-c5cnn([C@H](C(=O)N6C[C@H](O)C[C@H]6C(=O)N[C@@H](C)c6ccc(-c7scnc7C)cc6)C(C)C)c5)c4)nc3c2F)c1C(F)(F)F. The summed E-state index contributed by atoms with van der Waals surface area (Å²) in [6.07, 6.45) is 2.28. The molecule has 0 aliphatic carbocycles. The lowest BCUT2D eigenvalue weighted by Crippen LogP contribution is -2.51. The maximum Gasteiger partial charge on any atom is 0.418 e. The summed E-state index contributed by atoms with van der Waals surface area (Å²) in [5, 5.41) is 22.1. The van der Waals surface area contributed by atoms with E-state index in [1.165, 1.54) is 17.9 Å². The first-order valence-corrected chi connectivity index (χ1v) is 29.5. The molecule has 0 saturated carbocycles. The molecule has 83 heavy (non-hydrogen) atoms. The van der Waals surface area contributed by atoms with E-state index in [2.05, 4.69) is 35.6 Å². The number of nitrogens with zero attached hydrogens (tertiary/aromatic N) is 9. The van der Waals surface area contributed by atoms with E-state index in [9.17, 15) is 27.9 Å². The van der Waals surface area contributed by atoms with Gasteiger partial charge in [0.1, 0.15) is 41.6 Å². The van der Waals surface area contributed by atoms with Crippen molar-refractivity contribution in [2.75, 3.05) is 56.6 Å². The number of halogens is 5. The number of nitrogen functional groups attached to an aromatic ring is 1. The zero-order valence-corrected chi connectivity index (χ0v) is 48.4. The monoisotopic (exact) mass is 1180 g/mol. The van der Waals surface area contributed by atoms with Gasteiger partial charge in [-0.1, -0.05) is 61.8 Å². The number of benzene rings is 3. The fraction of sp³-hybridized carbons (Fsp3) is 0.450. The molecule has 4 fully saturated rings. The van der Waals surface area contributed by atoms with Crippen LogP contribution in [0.25, 0.3) is 43.7 Å². The van der Waals surface area contributed by atoms with Gasteiger partial charge in [0.2, 0.25) is 11.8 Å². The lowest BCUT2D eigenvalue weighted by molar-refractivity contribution is -0.142. The highest BCUT2D eigenvalue weighted by Crippen LogP contribution is 2.45. The molecule has 11 rings (SSSR count). The number of pyridine rings is 1. The molecule has 7 aromatic rings. The minimum Gasteiger partial charge on any atom is -0.494 e. The molecule has 0 spiro atoms. The highest BCUT2D eigenvalue weighted by molar-refractivity contribution is 7.13. The highest BCUT2D eigenvalue weighted by atomic mass is 35.5. The third-order valence-electron chi connectivity index (χ3n) is 16.5. The number of thiazole rings is 1. The molecule has 4 aliphatic rings. The Labute approximate surface area is 487 Å². The Morgan fingerprint density at radius 3 is 2.46 bits per heavy atom. The van der Waals surface area contributed by atoms with Crippen LogP contribution in [0, 0.1) is 25.6 Å². The summed E-state index contributed by atoms with van der Waals surface area (Å²) in [5.74, 6) is -1.09. The summed E-state index contributed by atoms with van der Waals surface area (Å²) in [6, 6.07) is 16.5. The van der Waals surface area contributed by atoms with E-state index in [1.54, 1.807) is 22.2 Å². The fourth-order valence-electron chi connectivity index (χ4n) is 12.4. The van der Waals surface area contributed by atoms with E-state index in [-0.39, 0.29) is 94.8 Å². The normalized spacial score (nSPS) is 20.8. The van der Waals surface area contributed by atoms with Crippen molar-refractivity contribution in [3.63, 3.8) is 0 Å². The van der Waals surface area contributed by atoms with Gasteiger partial charge in [0.25, 0.3) is 0 Å². The Hall–Kier alpha value is -6.98. The molecule has 4 saturated heterocycles. The van der Waals surface area contributed by atoms with Gasteiger partial charge in [-0.2, -0.15) is 28.2 Å². The van der Waals surface area contributed by atoms with Crippen LogP contribution in [0.15, 0.2) is 78.6 Å². The van der Waals surface area contributed by atoms with Crippen LogP contribution < -0.4 is 30.7 Å². The number of ether oxygens (including phenoxy) is 2. The molecule has 4 aromatic heterocycles. The van der Waals surface area contributed by atoms with E-state index in [0.717, 1.165) is 71.1 Å². The van der Waals surface area contributed by atoms with Gasteiger partial charge >= 0.3 is 12.2 Å². The Kier molecular flexibility index (Phi) is 16.7. The number of alkyl halides is 3. The molecule has 7 atom stereocenters. The van der Waals surface area contributed by atoms with Crippen LogP contribution in [-0.4, -0.2) is 133 Å². The predicted molar refractivity (Wildman–Crippen MR) is 311 cm³/mol. The molecular formula is C60H67ClF4N12O5S. The second-order valence-corrected chi connectivity index (χ2v) is 23.9. The number of carbonyl (C=O) groups excluding carboxylic acids is 2. The number of likely N-dealkylation sites (tertiary alicyclic amines) is 2. The van der Waals surface area contributed by atoms with Crippen molar-refractivity contribution in [1.29, 1.82) is 0 Å². The Balaban J connectivity index is 0.724. The van der Waals surface area contributed by atoms with Crippen LogP contribution in [0.3, 0.4) is 0 Å². The smallest absolute Gasteiger partial charge is 0.418 e. The first-order valence-electron chi connectivity index (χ1n) is 28.3. The zero-order chi connectivity index (χ0) is 58.4. The highest BCUT2D eigenvalue weighted by Gasteiger charge is 2.44. The van der Waals surface area contributed by atoms with Crippen LogP contribution in [0.1, 0.15) is 93.8 Å². The van der Waals surface area contributed by atoms with Crippen molar-refractivity contribution in [3.8, 4) is 44.6 Å². The van der Waals surface area contributed by atoms with Crippen LogP contribution in [0.4, 0.5) is 29.2 Å². The second kappa shape index (κ2) is 23.9. The van der Waals surface area contributed by atoms with Gasteiger partial charge in [-0.15, -0.1) is 11.3 Å². The summed E-state index contributed by atoms with van der Waals surface area (Å²) in [7, 11) is 0. The summed E-state index contributed by atoms with van der Waals surface area (Å²) in [5.41, 5.74) is 9.42. The molecule has 3 aromatic carbocycles. The molecule has 5 N–H and O–H groups in total. The lowest BCUT2D eigenvalue weighted by Gasteiger charge is -2.34. The number of fused-ring (bicyclic) bond motifs is 3. The first-order chi connectivity index (χ1) is 39.8. The average molecular weight is 1180 g/mol. The van der Waals surface area contributed by atoms with Gasteiger partial charge in [0.05, 0.1) is 62.9 Å². The number of rotatable bonds is 18. The molecular weight excluding hydrogens is 1110 g/mol. The number of carbonyl (C=O) groups is 2. The molecule has 0 radical (unpaired) electrons. The van der Waals surface area contributed by atoms with Gasteiger partial charge < -0.3 is 40.7 Å². The number of piperazine rings is 1. The van der Waals surface area contributed by atoms with Crippen LogP contribution in [-0.2, 0) is 15.8 Å². The lowest BCUT2D eigenvalue weighted by atomic mass is 9.99. The molecule has 4 aliphatic heterocycles. The summed E-state index contributed by atoms with van der Waals surface area (Å²) >= 11 is 8.29. The minimum atomic E-state index is -4.88. The number of aryl methyl sites for hydroxylation is 2. The Morgan fingerprint density at radius 1 is 0.964 bits per heavy atom. The molecule has 2 bridgehead atoms. The van der Waals surface area contributed by atoms with Gasteiger partial charge in [-0.25, -0.2) is 14.4 Å². The summed E-state index contributed by atoms with van der Waals surface area (Å²) in [6.45, 7) is 12.3.